The molecule has 1 heterocycles. The van der Waals surface area contributed by atoms with E-state index in [1.54, 1.807) is 13.4 Å². The molecule has 1 N–H and O–H groups in total. The summed E-state index contributed by atoms with van der Waals surface area (Å²) in [4.78, 5) is 16.9. The summed E-state index contributed by atoms with van der Waals surface area (Å²) in [6, 6.07) is 16.0. The Morgan fingerprint density at radius 2 is 1.96 bits per heavy atom. The van der Waals surface area contributed by atoms with Gasteiger partial charge in [-0.15, -0.1) is 0 Å². The van der Waals surface area contributed by atoms with Crippen LogP contribution in [0.3, 0.4) is 0 Å². The van der Waals surface area contributed by atoms with Crippen LogP contribution in [0.5, 0.6) is 5.75 Å². The van der Waals surface area contributed by atoms with Gasteiger partial charge in [-0.05, 0) is 31.0 Å². The minimum atomic E-state index is -0.0146. The first-order chi connectivity index (χ1) is 12.7. The van der Waals surface area contributed by atoms with E-state index >= 15 is 0 Å². The van der Waals surface area contributed by atoms with Gasteiger partial charge in [-0.3, -0.25) is 4.79 Å². The van der Waals surface area contributed by atoms with Gasteiger partial charge in [-0.25, -0.2) is 4.98 Å². The van der Waals surface area contributed by atoms with Crippen LogP contribution in [-0.4, -0.2) is 29.1 Å². The number of amides is 1. The van der Waals surface area contributed by atoms with Crippen molar-refractivity contribution in [3.05, 3.63) is 60.4 Å². The van der Waals surface area contributed by atoms with E-state index in [1.807, 2.05) is 47.0 Å². The Morgan fingerprint density at radius 3 is 2.73 bits per heavy atom. The average Bonchev–Trinajstić information content (AvgIpc) is 3.04. The van der Waals surface area contributed by atoms with E-state index in [-0.39, 0.29) is 17.9 Å². The standard InChI is InChI=1S/C21H23N3O2/c1-26-19-10-5-2-7-16(19)21(11-6-12-21)14-22-20(25)13-24-15-23-17-8-3-4-9-18(17)24/h2-5,7-10,15H,6,11-14H2,1H3,(H,22,25). The summed E-state index contributed by atoms with van der Waals surface area (Å²) in [6.07, 6.45) is 5.05. The van der Waals surface area contributed by atoms with Gasteiger partial charge in [0.2, 0.25) is 5.91 Å². The predicted molar refractivity (Wildman–Crippen MR) is 101 cm³/mol. The number of carbonyl (C=O) groups excluding carboxylic acids is 1. The van der Waals surface area contributed by atoms with Gasteiger partial charge in [0, 0.05) is 17.5 Å². The third kappa shape index (κ3) is 2.94. The molecule has 0 spiro atoms. The maximum Gasteiger partial charge on any atom is 0.240 e. The molecule has 0 radical (unpaired) electrons. The van der Waals surface area contributed by atoms with Crippen LogP contribution >= 0.6 is 0 Å². The van der Waals surface area contributed by atoms with E-state index in [2.05, 4.69) is 16.4 Å². The van der Waals surface area contributed by atoms with Gasteiger partial charge in [0.25, 0.3) is 0 Å². The second-order valence-corrected chi connectivity index (χ2v) is 6.97. The smallest absolute Gasteiger partial charge is 0.240 e. The zero-order chi connectivity index (χ0) is 18.0. The fourth-order valence-electron chi connectivity index (χ4n) is 3.84. The molecule has 1 amide bonds. The second-order valence-electron chi connectivity index (χ2n) is 6.97. The summed E-state index contributed by atoms with van der Waals surface area (Å²) >= 11 is 0. The Morgan fingerprint density at radius 1 is 1.19 bits per heavy atom. The molecule has 0 unspecified atom stereocenters. The van der Waals surface area contributed by atoms with Crippen molar-refractivity contribution in [3.63, 3.8) is 0 Å². The highest BCUT2D eigenvalue weighted by Gasteiger charge is 2.40. The number of rotatable bonds is 6. The molecule has 0 aliphatic heterocycles. The number of imidazole rings is 1. The molecule has 26 heavy (non-hydrogen) atoms. The topological polar surface area (TPSA) is 56.1 Å². The minimum absolute atomic E-state index is 0.00864. The molecule has 0 bridgehead atoms. The number of fused-ring (bicyclic) bond motifs is 1. The van der Waals surface area contributed by atoms with Crippen LogP contribution in [-0.2, 0) is 16.8 Å². The molecule has 1 fully saturated rings. The van der Waals surface area contributed by atoms with Crippen LogP contribution in [0.4, 0.5) is 0 Å². The fraction of sp³-hybridized carbons (Fsp3) is 0.333. The van der Waals surface area contributed by atoms with Crippen LogP contribution in [0, 0.1) is 0 Å². The number of benzene rings is 2. The average molecular weight is 349 g/mol. The number of methoxy groups -OCH3 is 1. The van der Waals surface area contributed by atoms with E-state index in [4.69, 9.17) is 4.74 Å². The van der Waals surface area contributed by atoms with E-state index in [1.165, 1.54) is 12.0 Å². The monoisotopic (exact) mass is 349 g/mol. The number of ether oxygens (including phenoxy) is 1. The highest BCUT2D eigenvalue weighted by molar-refractivity contribution is 5.80. The van der Waals surface area contributed by atoms with Crippen molar-refractivity contribution in [2.24, 2.45) is 0 Å². The van der Waals surface area contributed by atoms with Gasteiger partial charge in [-0.1, -0.05) is 36.8 Å². The van der Waals surface area contributed by atoms with Gasteiger partial charge in [-0.2, -0.15) is 0 Å². The molecule has 1 aliphatic carbocycles. The summed E-state index contributed by atoms with van der Waals surface area (Å²) in [5, 5.41) is 3.14. The van der Waals surface area contributed by atoms with Crippen LogP contribution in [0.2, 0.25) is 0 Å². The third-order valence-corrected chi connectivity index (χ3v) is 5.45. The zero-order valence-electron chi connectivity index (χ0n) is 14.9. The summed E-state index contributed by atoms with van der Waals surface area (Å²) < 4.78 is 7.43. The van der Waals surface area contributed by atoms with Crippen molar-refractivity contribution in [2.45, 2.75) is 31.2 Å². The molecule has 5 nitrogen and oxygen atoms in total. The van der Waals surface area contributed by atoms with Crippen LogP contribution in [0.1, 0.15) is 24.8 Å². The van der Waals surface area contributed by atoms with E-state index in [0.717, 1.165) is 29.6 Å². The van der Waals surface area contributed by atoms with E-state index in [9.17, 15) is 4.79 Å². The van der Waals surface area contributed by atoms with Gasteiger partial charge < -0.3 is 14.6 Å². The maximum atomic E-state index is 12.5. The molecule has 1 saturated carbocycles. The van der Waals surface area contributed by atoms with Crippen molar-refractivity contribution >= 4 is 16.9 Å². The first kappa shape index (κ1) is 16.6. The summed E-state index contributed by atoms with van der Waals surface area (Å²) in [5.74, 6) is 0.913. The van der Waals surface area contributed by atoms with Gasteiger partial charge in [0.05, 0.1) is 24.5 Å². The highest BCUT2D eigenvalue weighted by atomic mass is 16.5. The second kappa shape index (κ2) is 6.83. The molecule has 2 aromatic carbocycles. The van der Waals surface area contributed by atoms with Crippen molar-refractivity contribution in [3.8, 4) is 5.75 Å². The van der Waals surface area contributed by atoms with Crippen molar-refractivity contribution in [1.29, 1.82) is 0 Å². The number of carbonyl (C=O) groups is 1. The lowest BCUT2D eigenvalue weighted by Crippen LogP contribution is -2.46. The molecule has 3 aromatic rings. The van der Waals surface area contributed by atoms with Gasteiger partial charge >= 0.3 is 0 Å². The maximum absolute atomic E-state index is 12.5. The van der Waals surface area contributed by atoms with E-state index in [0.29, 0.717) is 6.54 Å². The molecular weight excluding hydrogens is 326 g/mol. The number of hydrogen-bond donors (Lipinski definition) is 1. The Hall–Kier alpha value is -2.82. The van der Waals surface area contributed by atoms with Crippen molar-refractivity contribution in [2.75, 3.05) is 13.7 Å². The number of nitrogens with zero attached hydrogens (tertiary/aromatic N) is 2. The Balaban J connectivity index is 1.46. The first-order valence-corrected chi connectivity index (χ1v) is 9.02. The zero-order valence-corrected chi connectivity index (χ0v) is 14.9. The molecular formula is C21H23N3O2. The molecule has 0 saturated heterocycles. The fourth-order valence-corrected chi connectivity index (χ4v) is 3.84. The first-order valence-electron chi connectivity index (χ1n) is 9.02. The lowest BCUT2D eigenvalue weighted by Gasteiger charge is -2.43. The van der Waals surface area contributed by atoms with Crippen LogP contribution in [0.15, 0.2) is 54.9 Å². The number of hydrogen-bond acceptors (Lipinski definition) is 3. The highest BCUT2D eigenvalue weighted by Crippen LogP contribution is 2.46. The normalized spacial score (nSPS) is 15.4. The molecule has 4 rings (SSSR count). The lowest BCUT2D eigenvalue weighted by molar-refractivity contribution is -0.122. The molecule has 0 atom stereocenters. The van der Waals surface area contributed by atoms with Crippen molar-refractivity contribution in [1.82, 2.24) is 14.9 Å². The van der Waals surface area contributed by atoms with E-state index < -0.39 is 0 Å². The molecule has 5 heteroatoms. The Labute approximate surface area is 153 Å². The van der Waals surface area contributed by atoms with Crippen LogP contribution in [0.25, 0.3) is 11.0 Å². The number of nitrogens with one attached hydrogen (secondary N) is 1. The van der Waals surface area contributed by atoms with Crippen LogP contribution < -0.4 is 10.1 Å². The predicted octanol–water partition coefficient (Wildman–Crippen LogP) is 3.28. The number of aromatic nitrogens is 2. The molecule has 134 valence electrons. The molecule has 1 aliphatic rings. The summed E-state index contributed by atoms with van der Waals surface area (Å²) in [7, 11) is 1.70. The lowest BCUT2D eigenvalue weighted by atomic mass is 9.64. The molecule has 1 aromatic heterocycles. The largest absolute Gasteiger partial charge is 0.496 e. The minimum Gasteiger partial charge on any atom is -0.496 e. The van der Waals surface area contributed by atoms with Gasteiger partial charge in [0.1, 0.15) is 12.3 Å². The Kier molecular flexibility index (Phi) is 4.37. The number of para-hydroxylation sites is 3. The summed E-state index contributed by atoms with van der Waals surface area (Å²) in [6.45, 7) is 0.918. The van der Waals surface area contributed by atoms with Gasteiger partial charge in [0.15, 0.2) is 0 Å². The van der Waals surface area contributed by atoms with Crippen molar-refractivity contribution < 1.29 is 9.53 Å². The quantitative estimate of drug-likeness (QED) is 0.743. The Bertz CT molecular complexity index is 928. The SMILES string of the molecule is COc1ccccc1C1(CNC(=O)Cn2cnc3ccccc32)CCC1. The summed E-state index contributed by atoms with van der Waals surface area (Å²) in [5.41, 5.74) is 3.07. The third-order valence-electron chi connectivity index (χ3n) is 5.45.